The molecule has 0 aromatic carbocycles. The summed E-state index contributed by atoms with van der Waals surface area (Å²) in [5, 5.41) is 3.08. The van der Waals surface area contributed by atoms with Crippen LogP contribution in [0, 0.1) is 0 Å². The van der Waals surface area contributed by atoms with Crippen molar-refractivity contribution in [1.29, 1.82) is 0 Å². The van der Waals surface area contributed by atoms with Gasteiger partial charge in [0.25, 0.3) is 5.56 Å². The standard InChI is InChI=1S/C12H22N4O/c1-10(2)15(3)8-5-6-13-11-12(17)16(4)9-7-14-11/h7,9-10H,5-6,8H2,1-4H3,(H,13,14). The van der Waals surface area contributed by atoms with Gasteiger partial charge in [0.15, 0.2) is 5.82 Å². The zero-order chi connectivity index (χ0) is 12.8. The number of hydrogen-bond acceptors (Lipinski definition) is 4. The Balaban J connectivity index is 2.37. The lowest BCUT2D eigenvalue weighted by atomic mass is 10.3. The maximum Gasteiger partial charge on any atom is 0.293 e. The summed E-state index contributed by atoms with van der Waals surface area (Å²) in [5.74, 6) is 0.433. The Kier molecular flexibility index (Phi) is 5.15. The molecule has 1 N–H and O–H groups in total. The summed E-state index contributed by atoms with van der Waals surface area (Å²) >= 11 is 0. The molecule has 0 fully saturated rings. The molecule has 96 valence electrons. The van der Waals surface area contributed by atoms with E-state index in [0.717, 1.165) is 19.5 Å². The van der Waals surface area contributed by atoms with Crippen LogP contribution in [-0.4, -0.2) is 40.6 Å². The zero-order valence-corrected chi connectivity index (χ0v) is 11.1. The number of aromatic nitrogens is 2. The molecule has 1 aromatic heterocycles. The fourth-order valence-corrected chi connectivity index (χ4v) is 1.41. The molecular formula is C12H22N4O. The fraction of sp³-hybridized carbons (Fsp3) is 0.667. The summed E-state index contributed by atoms with van der Waals surface area (Å²) in [5.41, 5.74) is -0.0790. The molecule has 5 heteroatoms. The van der Waals surface area contributed by atoms with E-state index in [4.69, 9.17) is 0 Å². The maximum atomic E-state index is 11.6. The van der Waals surface area contributed by atoms with Crippen molar-refractivity contribution >= 4 is 5.82 Å². The van der Waals surface area contributed by atoms with Crippen LogP contribution >= 0.6 is 0 Å². The first-order chi connectivity index (χ1) is 8.02. The Hall–Kier alpha value is -1.36. The van der Waals surface area contributed by atoms with E-state index < -0.39 is 0 Å². The first-order valence-electron chi connectivity index (χ1n) is 5.98. The van der Waals surface area contributed by atoms with E-state index in [2.05, 4.69) is 36.1 Å². The molecule has 0 aliphatic rings. The number of nitrogens with one attached hydrogen (secondary N) is 1. The van der Waals surface area contributed by atoms with Crippen molar-refractivity contribution in [3.63, 3.8) is 0 Å². The van der Waals surface area contributed by atoms with Crippen LogP contribution < -0.4 is 10.9 Å². The quantitative estimate of drug-likeness (QED) is 0.749. The Bertz CT molecular complexity index is 400. The second kappa shape index (κ2) is 6.39. The topological polar surface area (TPSA) is 50.2 Å². The first kappa shape index (κ1) is 13.7. The molecule has 0 bridgehead atoms. The van der Waals surface area contributed by atoms with Gasteiger partial charge in [-0.1, -0.05) is 0 Å². The third-order valence-electron chi connectivity index (χ3n) is 2.88. The van der Waals surface area contributed by atoms with Crippen molar-refractivity contribution in [2.75, 3.05) is 25.5 Å². The van der Waals surface area contributed by atoms with Crippen LogP contribution in [0.15, 0.2) is 17.2 Å². The highest BCUT2D eigenvalue weighted by molar-refractivity contribution is 5.30. The van der Waals surface area contributed by atoms with Gasteiger partial charge in [0.2, 0.25) is 0 Å². The molecule has 17 heavy (non-hydrogen) atoms. The van der Waals surface area contributed by atoms with E-state index in [0.29, 0.717) is 11.9 Å². The van der Waals surface area contributed by atoms with Gasteiger partial charge in [-0.15, -0.1) is 0 Å². The fourth-order valence-electron chi connectivity index (χ4n) is 1.41. The van der Waals surface area contributed by atoms with E-state index >= 15 is 0 Å². The van der Waals surface area contributed by atoms with Gasteiger partial charge in [-0.25, -0.2) is 4.98 Å². The van der Waals surface area contributed by atoms with E-state index in [1.165, 1.54) is 4.57 Å². The van der Waals surface area contributed by atoms with Gasteiger partial charge >= 0.3 is 0 Å². The monoisotopic (exact) mass is 238 g/mol. The van der Waals surface area contributed by atoms with Crippen LogP contribution in [0.25, 0.3) is 0 Å². The first-order valence-corrected chi connectivity index (χ1v) is 5.98. The Morgan fingerprint density at radius 1 is 1.53 bits per heavy atom. The van der Waals surface area contributed by atoms with Gasteiger partial charge in [0, 0.05) is 32.0 Å². The minimum Gasteiger partial charge on any atom is -0.365 e. The Morgan fingerprint density at radius 3 is 2.88 bits per heavy atom. The van der Waals surface area contributed by atoms with Crippen molar-refractivity contribution < 1.29 is 0 Å². The van der Waals surface area contributed by atoms with Crippen molar-refractivity contribution in [3.05, 3.63) is 22.7 Å². The smallest absolute Gasteiger partial charge is 0.293 e. The van der Waals surface area contributed by atoms with E-state index in [-0.39, 0.29) is 5.56 Å². The van der Waals surface area contributed by atoms with E-state index in [1.807, 2.05) is 0 Å². The number of nitrogens with zero attached hydrogens (tertiary/aromatic N) is 3. The minimum atomic E-state index is -0.0790. The number of anilines is 1. The van der Waals surface area contributed by atoms with Gasteiger partial charge in [0.1, 0.15) is 0 Å². The highest BCUT2D eigenvalue weighted by atomic mass is 16.1. The van der Waals surface area contributed by atoms with E-state index in [9.17, 15) is 4.79 Å². The molecule has 0 saturated heterocycles. The molecule has 0 spiro atoms. The van der Waals surface area contributed by atoms with Gasteiger partial charge < -0.3 is 14.8 Å². The summed E-state index contributed by atoms with van der Waals surface area (Å²) in [7, 11) is 3.83. The van der Waals surface area contributed by atoms with Crippen LogP contribution in [0.3, 0.4) is 0 Å². The molecule has 0 amide bonds. The zero-order valence-electron chi connectivity index (χ0n) is 11.1. The molecule has 0 aliphatic carbocycles. The highest BCUT2D eigenvalue weighted by Gasteiger charge is 2.03. The molecule has 0 radical (unpaired) electrons. The summed E-state index contributed by atoms with van der Waals surface area (Å²) in [6.45, 7) is 6.12. The predicted molar refractivity (Wildman–Crippen MR) is 70.4 cm³/mol. The van der Waals surface area contributed by atoms with E-state index in [1.54, 1.807) is 19.4 Å². The Morgan fingerprint density at radius 2 is 2.24 bits per heavy atom. The average molecular weight is 238 g/mol. The average Bonchev–Trinajstić information content (AvgIpc) is 2.29. The van der Waals surface area contributed by atoms with Crippen molar-refractivity contribution in [2.45, 2.75) is 26.3 Å². The van der Waals surface area contributed by atoms with Crippen LogP contribution in [0.2, 0.25) is 0 Å². The van der Waals surface area contributed by atoms with Crippen molar-refractivity contribution in [3.8, 4) is 0 Å². The third-order valence-corrected chi connectivity index (χ3v) is 2.88. The third kappa shape index (κ3) is 4.19. The normalized spacial score (nSPS) is 11.2. The molecule has 0 unspecified atom stereocenters. The lowest BCUT2D eigenvalue weighted by Gasteiger charge is -2.20. The number of hydrogen-bond donors (Lipinski definition) is 1. The number of rotatable bonds is 6. The summed E-state index contributed by atoms with van der Waals surface area (Å²) in [6.07, 6.45) is 4.28. The highest BCUT2D eigenvalue weighted by Crippen LogP contribution is 1.96. The summed E-state index contributed by atoms with van der Waals surface area (Å²) < 4.78 is 1.52. The largest absolute Gasteiger partial charge is 0.365 e. The Labute approximate surface area is 102 Å². The number of aryl methyl sites for hydroxylation is 1. The van der Waals surface area contributed by atoms with Crippen molar-refractivity contribution in [1.82, 2.24) is 14.5 Å². The van der Waals surface area contributed by atoms with Gasteiger partial charge in [0.05, 0.1) is 0 Å². The lowest BCUT2D eigenvalue weighted by Crippen LogP contribution is -2.29. The second-order valence-corrected chi connectivity index (χ2v) is 4.55. The van der Waals surface area contributed by atoms with Crippen LogP contribution in [0.5, 0.6) is 0 Å². The molecule has 1 aromatic rings. The molecule has 5 nitrogen and oxygen atoms in total. The van der Waals surface area contributed by atoms with Crippen LogP contribution in [-0.2, 0) is 7.05 Å². The molecule has 0 aliphatic heterocycles. The molecule has 0 atom stereocenters. The second-order valence-electron chi connectivity index (χ2n) is 4.55. The predicted octanol–water partition coefficient (Wildman–Crippen LogP) is 0.922. The van der Waals surface area contributed by atoms with Crippen molar-refractivity contribution in [2.24, 2.45) is 7.05 Å². The SMILES string of the molecule is CC(C)N(C)CCCNc1nccn(C)c1=O. The van der Waals surface area contributed by atoms with Gasteiger partial charge in [-0.3, -0.25) is 4.79 Å². The van der Waals surface area contributed by atoms with Crippen LogP contribution in [0.4, 0.5) is 5.82 Å². The van der Waals surface area contributed by atoms with Crippen LogP contribution in [0.1, 0.15) is 20.3 Å². The van der Waals surface area contributed by atoms with Gasteiger partial charge in [-0.2, -0.15) is 0 Å². The lowest BCUT2D eigenvalue weighted by molar-refractivity contribution is 0.273. The summed E-state index contributed by atoms with van der Waals surface area (Å²) in [6, 6.07) is 0.553. The molecule has 0 saturated carbocycles. The molecule has 1 heterocycles. The minimum absolute atomic E-state index is 0.0790. The molecule has 1 rings (SSSR count). The summed E-state index contributed by atoms with van der Waals surface area (Å²) in [4.78, 5) is 17.9. The van der Waals surface area contributed by atoms with Gasteiger partial charge in [-0.05, 0) is 33.9 Å². The maximum absolute atomic E-state index is 11.6. The molecular weight excluding hydrogens is 216 g/mol.